The molecule has 0 bridgehead atoms. The zero-order valence-corrected chi connectivity index (χ0v) is 20.4. The Morgan fingerprint density at radius 3 is 2.25 bits per heavy atom. The van der Waals surface area contributed by atoms with Crippen molar-refractivity contribution in [3.05, 3.63) is 95.1 Å². The van der Waals surface area contributed by atoms with E-state index in [0.29, 0.717) is 5.56 Å². The van der Waals surface area contributed by atoms with Crippen molar-refractivity contribution in [2.45, 2.75) is 59.3 Å². The first-order valence-electron chi connectivity index (χ1n) is 11.6. The average molecular weight is 429 g/mol. The number of carbonyl (C=O) groups is 1. The molecule has 0 aromatic heterocycles. The Morgan fingerprint density at radius 2 is 1.66 bits per heavy atom. The Labute approximate surface area is 193 Å². The lowest BCUT2D eigenvalue weighted by atomic mass is 9.72. The summed E-state index contributed by atoms with van der Waals surface area (Å²) in [7, 11) is 1.40. The number of ether oxygens (including phenoxy) is 1. The number of hydrogen-bond acceptors (Lipinski definition) is 2. The van der Waals surface area contributed by atoms with E-state index in [-0.39, 0.29) is 16.8 Å². The maximum atomic E-state index is 11.7. The SMILES string of the molecule is C=C(c1ccc(C(=O)OC)cc1)c1ccc2c(c1)C(/C=C\C(C)(CC)CC)=CCC2(C)C. The third kappa shape index (κ3) is 4.80. The van der Waals surface area contributed by atoms with E-state index in [1.54, 1.807) is 12.1 Å². The minimum absolute atomic E-state index is 0.105. The molecule has 3 rings (SSSR count). The molecule has 0 spiro atoms. The lowest BCUT2D eigenvalue weighted by molar-refractivity contribution is 0.0600. The number of esters is 1. The van der Waals surface area contributed by atoms with E-state index in [0.717, 1.165) is 36.0 Å². The van der Waals surface area contributed by atoms with Crippen molar-refractivity contribution in [2.75, 3.05) is 7.11 Å². The Balaban J connectivity index is 1.98. The topological polar surface area (TPSA) is 26.3 Å². The second kappa shape index (κ2) is 9.32. The molecule has 2 aromatic rings. The number of rotatable bonds is 7. The van der Waals surface area contributed by atoms with E-state index < -0.39 is 0 Å². The van der Waals surface area contributed by atoms with E-state index in [1.807, 2.05) is 12.1 Å². The fraction of sp³-hybridized carbons (Fsp3) is 0.367. The molecule has 1 aliphatic carbocycles. The minimum atomic E-state index is -0.328. The molecule has 32 heavy (non-hydrogen) atoms. The Hall–Kier alpha value is -2.87. The molecule has 0 heterocycles. The van der Waals surface area contributed by atoms with Crippen molar-refractivity contribution in [3.63, 3.8) is 0 Å². The Kier molecular flexibility index (Phi) is 6.93. The van der Waals surface area contributed by atoms with Gasteiger partial charge in [-0.2, -0.15) is 0 Å². The van der Waals surface area contributed by atoms with Crippen LogP contribution in [-0.2, 0) is 10.2 Å². The lowest BCUT2D eigenvalue weighted by Gasteiger charge is -2.32. The van der Waals surface area contributed by atoms with Gasteiger partial charge in [0.15, 0.2) is 0 Å². The monoisotopic (exact) mass is 428 g/mol. The van der Waals surface area contributed by atoms with Crippen LogP contribution >= 0.6 is 0 Å². The smallest absolute Gasteiger partial charge is 0.337 e. The molecule has 2 aromatic carbocycles. The van der Waals surface area contributed by atoms with Crippen LogP contribution < -0.4 is 0 Å². The predicted octanol–water partition coefficient (Wildman–Crippen LogP) is 7.98. The molecular formula is C30H36O2. The third-order valence-electron chi connectivity index (χ3n) is 7.18. The predicted molar refractivity (Wildman–Crippen MR) is 136 cm³/mol. The van der Waals surface area contributed by atoms with E-state index in [2.05, 4.69) is 77.6 Å². The van der Waals surface area contributed by atoms with Gasteiger partial charge in [0, 0.05) is 0 Å². The molecule has 0 saturated heterocycles. The summed E-state index contributed by atoms with van der Waals surface area (Å²) in [5.74, 6) is -0.328. The van der Waals surface area contributed by atoms with Crippen LogP contribution in [-0.4, -0.2) is 13.1 Å². The highest BCUT2D eigenvalue weighted by molar-refractivity contribution is 5.90. The fourth-order valence-electron chi connectivity index (χ4n) is 4.17. The molecule has 0 unspecified atom stereocenters. The van der Waals surface area contributed by atoms with Crippen molar-refractivity contribution < 1.29 is 9.53 Å². The van der Waals surface area contributed by atoms with Crippen LogP contribution in [0.3, 0.4) is 0 Å². The van der Waals surface area contributed by atoms with Crippen LogP contribution in [0.5, 0.6) is 0 Å². The number of carbonyl (C=O) groups excluding carboxylic acids is 1. The molecule has 0 amide bonds. The van der Waals surface area contributed by atoms with Crippen molar-refractivity contribution in [2.24, 2.45) is 5.41 Å². The summed E-state index contributed by atoms with van der Waals surface area (Å²) in [4.78, 5) is 11.7. The summed E-state index contributed by atoms with van der Waals surface area (Å²) < 4.78 is 4.80. The van der Waals surface area contributed by atoms with Crippen molar-refractivity contribution >= 4 is 17.1 Å². The molecule has 168 valence electrons. The van der Waals surface area contributed by atoms with Crippen LogP contribution in [0.1, 0.15) is 86.5 Å². The summed E-state index contributed by atoms with van der Waals surface area (Å²) in [6.07, 6.45) is 10.4. The van der Waals surface area contributed by atoms with Gasteiger partial charge in [-0.3, -0.25) is 0 Å². The van der Waals surface area contributed by atoms with E-state index in [1.165, 1.54) is 23.8 Å². The van der Waals surface area contributed by atoms with Gasteiger partial charge in [0.2, 0.25) is 0 Å². The van der Waals surface area contributed by atoms with E-state index in [9.17, 15) is 4.79 Å². The number of benzene rings is 2. The summed E-state index contributed by atoms with van der Waals surface area (Å²) in [5, 5.41) is 0. The zero-order chi connectivity index (χ0) is 23.5. The third-order valence-corrected chi connectivity index (χ3v) is 7.18. The van der Waals surface area contributed by atoms with Gasteiger partial charge in [-0.05, 0) is 81.7 Å². The van der Waals surface area contributed by atoms with Gasteiger partial charge in [0.1, 0.15) is 0 Å². The van der Waals surface area contributed by atoms with E-state index >= 15 is 0 Å². The van der Waals surface area contributed by atoms with E-state index in [4.69, 9.17) is 4.74 Å². The first-order chi connectivity index (χ1) is 15.1. The quantitative estimate of drug-likeness (QED) is 0.418. The average Bonchev–Trinajstić information content (AvgIpc) is 2.82. The molecule has 2 heteroatoms. The number of hydrogen-bond donors (Lipinski definition) is 0. The maximum absolute atomic E-state index is 11.7. The van der Waals surface area contributed by atoms with Crippen LogP contribution in [0.25, 0.3) is 11.1 Å². The molecule has 0 atom stereocenters. The minimum Gasteiger partial charge on any atom is -0.465 e. The molecule has 0 N–H and O–H groups in total. The standard InChI is InChI=1S/C30H36O2/c1-8-30(6,9-2)19-17-23-16-18-29(4,5)27-15-14-25(20-26(23)27)21(3)22-10-12-24(13-11-22)28(31)32-7/h10-17,19-20H,3,8-9,18H2,1-2,4-7H3/b19-17-. The van der Waals surface area contributed by atoms with Crippen LogP contribution in [0, 0.1) is 5.41 Å². The van der Waals surface area contributed by atoms with Gasteiger partial charge < -0.3 is 4.74 Å². The second-order valence-electron chi connectivity index (χ2n) is 9.75. The van der Waals surface area contributed by atoms with Crippen LogP contribution in [0.15, 0.2) is 67.3 Å². The summed E-state index contributed by atoms with van der Waals surface area (Å²) in [6.45, 7) is 15.8. The first kappa shape index (κ1) is 23.8. The summed E-state index contributed by atoms with van der Waals surface area (Å²) >= 11 is 0. The summed E-state index contributed by atoms with van der Waals surface area (Å²) in [5.41, 5.74) is 7.87. The fourth-order valence-corrected chi connectivity index (χ4v) is 4.17. The van der Waals surface area contributed by atoms with Crippen molar-refractivity contribution in [1.29, 1.82) is 0 Å². The largest absolute Gasteiger partial charge is 0.465 e. The lowest BCUT2D eigenvalue weighted by Crippen LogP contribution is -2.21. The molecule has 2 nitrogen and oxygen atoms in total. The van der Waals surface area contributed by atoms with Crippen LogP contribution in [0.2, 0.25) is 0 Å². The zero-order valence-electron chi connectivity index (χ0n) is 20.4. The highest BCUT2D eigenvalue weighted by atomic mass is 16.5. The molecular weight excluding hydrogens is 392 g/mol. The number of methoxy groups -OCH3 is 1. The van der Waals surface area contributed by atoms with Crippen LogP contribution in [0.4, 0.5) is 0 Å². The maximum Gasteiger partial charge on any atom is 0.337 e. The number of fused-ring (bicyclic) bond motifs is 1. The van der Waals surface area contributed by atoms with Gasteiger partial charge in [-0.15, -0.1) is 0 Å². The van der Waals surface area contributed by atoms with Gasteiger partial charge in [0.25, 0.3) is 0 Å². The second-order valence-corrected chi connectivity index (χ2v) is 9.75. The van der Waals surface area contributed by atoms with Gasteiger partial charge in [-0.25, -0.2) is 4.79 Å². The van der Waals surface area contributed by atoms with Crippen molar-refractivity contribution in [1.82, 2.24) is 0 Å². The van der Waals surface area contributed by atoms with Gasteiger partial charge in [-0.1, -0.05) is 83.7 Å². The normalized spacial score (nSPS) is 15.2. The first-order valence-corrected chi connectivity index (χ1v) is 11.6. The molecule has 0 aliphatic heterocycles. The molecule has 0 fully saturated rings. The summed E-state index contributed by atoms with van der Waals surface area (Å²) in [6, 6.07) is 14.2. The highest BCUT2D eigenvalue weighted by Crippen LogP contribution is 2.41. The molecule has 0 saturated carbocycles. The Bertz CT molecular complexity index is 1060. The highest BCUT2D eigenvalue weighted by Gasteiger charge is 2.28. The molecule has 1 aliphatic rings. The number of allylic oxidation sites excluding steroid dienone is 4. The van der Waals surface area contributed by atoms with Gasteiger partial charge >= 0.3 is 5.97 Å². The van der Waals surface area contributed by atoms with Gasteiger partial charge in [0.05, 0.1) is 12.7 Å². The van der Waals surface area contributed by atoms with Crippen molar-refractivity contribution in [3.8, 4) is 0 Å². The Morgan fingerprint density at radius 1 is 1.06 bits per heavy atom. The molecule has 0 radical (unpaired) electrons.